The summed E-state index contributed by atoms with van der Waals surface area (Å²) in [4.78, 5) is 42.4. The predicted molar refractivity (Wildman–Crippen MR) is 146 cm³/mol. The predicted octanol–water partition coefficient (Wildman–Crippen LogP) is 4.27. The molecule has 3 unspecified atom stereocenters. The number of nitrogens with zero attached hydrogens (tertiary/aromatic N) is 2. The summed E-state index contributed by atoms with van der Waals surface area (Å²) in [5, 5.41) is 20.1. The third kappa shape index (κ3) is 4.90. The second kappa shape index (κ2) is 11.1. The van der Waals surface area contributed by atoms with E-state index >= 15 is 0 Å². The monoisotopic (exact) mass is 552 g/mol. The van der Waals surface area contributed by atoms with E-state index in [1.54, 1.807) is 18.4 Å². The molecule has 0 aliphatic carbocycles. The number of anilines is 1. The fraction of sp³-hybridized carbons (Fsp3) is 0.296. The number of thiazole rings is 1. The molecule has 0 spiro atoms. The first-order valence-electron chi connectivity index (χ1n) is 11.9. The molecule has 4 rings (SSSR count). The Morgan fingerprint density at radius 1 is 1.13 bits per heavy atom. The van der Waals surface area contributed by atoms with E-state index in [9.17, 15) is 19.7 Å². The van der Waals surface area contributed by atoms with Crippen molar-refractivity contribution in [3.05, 3.63) is 80.9 Å². The van der Waals surface area contributed by atoms with E-state index in [0.717, 1.165) is 0 Å². The highest BCUT2D eigenvalue weighted by Gasteiger charge is 2.58. The van der Waals surface area contributed by atoms with Crippen molar-refractivity contribution < 1.29 is 28.7 Å². The lowest BCUT2D eigenvalue weighted by Gasteiger charge is -2.47. The molecule has 0 saturated carbocycles. The maximum absolute atomic E-state index is 13.7. The van der Waals surface area contributed by atoms with Crippen molar-refractivity contribution in [2.75, 3.05) is 26.6 Å². The number of carbonyl (C=O) groups is 2. The number of hydrogen-bond acceptors (Lipinski definition) is 11. The summed E-state index contributed by atoms with van der Waals surface area (Å²) in [5.74, 6) is -1.86. The molecule has 1 aromatic heterocycles. The number of nitro groups is 1. The van der Waals surface area contributed by atoms with Crippen LogP contribution >= 0.6 is 11.3 Å². The van der Waals surface area contributed by atoms with Gasteiger partial charge in [-0.1, -0.05) is 30.3 Å². The molecule has 2 heterocycles. The zero-order valence-corrected chi connectivity index (χ0v) is 22.8. The van der Waals surface area contributed by atoms with Crippen LogP contribution in [0.3, 0.4) is 0 Å². The van der Waals surface area contributed by atoms with Crippen molar-refractivity contribution in [3.8, 4) is 17.0 Å². The van der Waals surface area contributed by atoms with E-state index in [-0.39, 0.29) is 17.0 Å². The second-order valence-corrected chi connectivity index (χ2v) is 9.77. The largest absolute Gasteiger partial charge is 0.490 e. The van der Waals surface area contributed by atoms with E-state index in [4.69, 9.17) is 14.2 Å². The third-order valence-corrected chi connectivity index (χ3v) is 7.57. The van der Waals surface area contributed by atoms with Crippen LogP contribution in [0.15, 0.2) is 65.2 Å². The molecule has 0 radical (unpaired) electrons. The number of benzene rings is 2. The Bertz CT molecular complexity index is 1440. The first kappa shape index (κ1) is 27.6. The molecule has 3 atom stereocenters. The molecular weight excluding hydrogens is 524 g/mol. The number of ether oxygens (including phenoxy) is 3. The van der Waals surface area contributed by atoms with Gasteiger partial charge in [0.05, 0.1) is 49.5 Å². The van der Waals surface area contributed by atoms with Crippen LogP contribution in [0.5, 0.6) is 5.75 Å². The highest BCUT2D eigenvalue weighted by molar-refractivity contribution is 7.14. The van der Waals surface area contributed by atoms with Crippen LogP contribution in [0, 0.1) is 10.1 Å². The molecule has 0 fully saturated rings. The number of aromatic nitrogens is 1. The van der Waals surface area contributed by atoms with Gasteiger partial charge in [0.25, 0.3) is 0 Å². The molecule has 12 heteroatoms. The second-order valence-electron chi connectivity index (χ2n) is 8.91. The van der Waals surface area contributed by atoms with Crippen molar-refractivity contribution in [2.45, 2.75) is 31.3 Å². The molecule has 2 N–H and O–H groups in total. The molecule has 11 nitrogen and oxygen atoms in total. The van der Waals surface area contributed by atoms with E-state index in [1.165, 1.54) is 44.8 Å². The number of allylic oxidation sites excluding steroid dienone is 1. The van der Waals surface area contributed by atoms with Gasteiger partial charge in [0.15, 0.2) is 16.4 Å². The van der Waals surface area contributed by atoms with Gasteiger partial charge in [0.1, 0.15) is 0 Å². The number of nitro benzene ring substituents is 1. The van der Waals surface area contributed by atoms with Gasteiger partial charge in [-0.25, -0.2) is 14.6 Å². The summed E-state index contributed by atoms with van der Waals surface area (Å²) in [6.07, 6.45) is 0. The van der Waals surface area contributed by atoms with E-state index in [1.807, 2.05) is 37.3 Å². The van der Waals surface area contributed by atoms with Crippen LogP contribution in [-0.2, 0) is 19.1 Å². The molecule has 0 saturated heterocycles. The number of nitrogens with one attached hydrogen (secondary N) is 2. The Hall–Kier alpha value is -4.45. The molecule has 204 valence electrons. The fourth-order valence-corrected chi connectivity index (χ4v) is 5.79. The van der Waals surface area contributed by atoms with Gasteiger partial charge >= 0.3 is 17.6 Å². The fourth-order valence-electron chi connectivity index (χ4n) is 4.99. The Morgan fingerprint density at radius 2 is 1.85 bits per heavy atom. The third-order valence-electron chi connectivity index (χ3n) is 6.81. The number of esters is 2. The summed E-state index contributed by atoms with van der Waals surface area (Å²) >= 11 is 1.21. The Balaban J connectivity index is 1.85. The van der Waals surface area contributed by atoms with Crippen LogP contribution in [-0.4, -0.2) is 54.8 Å². The van der Waals surface area contributed by atoms with E-state index < -0.39 is 34.4 Å². The topological polar surface area (TPSA) is 142 Å². The Labute approximate surface area is 229 Å². The SMILES string of the molecule is COC(=O)C1=C(C)NC(C)C(Nc2nc(-c3ccc(OC)c([N+](=O)[O-])c3)cs2)(C(=O)OC)C1c1ccccc1. The van der Waals surface area contributed by atoms with Gasteiger partial charge < -0.3 is 24.8 Å². The van der Waals surface area contributed by atoms with Gasteiger partial charge in [0, 0.05) is 22.7 Å². The highest BCUT2D eigenvalue weighted by Crippen LogP contribution is 2.45. The minimum absolute atomic E-state index is 0.132. The van der Waals surface area contributed by atoms with Gasteiger partial charge in [-0.2, -0.15) is 0 Å². The zero-order valence-electron chi connectivity index (χ0n) is 22.0. The van der Waals surface area contributed by atoms with Gasteiger partial charge in [0.2, 0.25) is 0 Å². The van der Waals surface area contributed by atoms with Crippen LogP contribution in [0.4, 0.5) is 10.8 Å². The lowest BCUT2D eigenvalue weighted by molar-refractivity contribution is -0.385. The first-order chi connectivity index (χ1) is 18.7. The molecule has 3 aromatic rings. The Kier molecular flexibility index (Phi) is 7.86. The summed E-state index contributed by atoms with van der Waals surface area (Å²) < 4.78 is 15.5. The maximum Gasteiger partial charge on any atom is 0.336 e. The van der Waals surface area contributed by atoms with Crippen LogP contribution in [0.2, 0.25) is 0 Å². The van der Waals surface area contributed by atoms with E-state index in [2.05, 4.69) is 15.6 Å². The molecular formula is C27H28N4O7S. The van der Waals surface area contributed by atoms with Crippen molar-refractivity contribution in [3.63, 3.8) is 0 Å². The van der Waals surface area contributed by atoms with Gasteiger partial charge in [-0.3, -0.25) is 10.1 Å². The van der Waals surface area contributed by atoms with E-state index in [0.29, 0.717) is 27.6 Å². The number of carbonyl (C=O) groups excluding carboxylic acids is 2. The molecule has 1 aliphatic heterocycles. The van der Waals surface area contributed by atoms with Crippen molar-refractivity contribution in [2.24, 2.45) is 0 Å². The standard InChI is InChI=1S/C27H28N4O7S/c1-15-22(24(32)37-4)23(17-9-7-6-8-10-17)27(16(2)28-15,25(33)38-5)30-26-29-19(14-39-26)18-11-12-21(36-3)20(13-18)31(34)35/h6-14,16,23,28H,1-5H3,(H,29,30). The summed E-state index contributed by atoms with van der Waals surface area (Å²) in [6, 6.07) is 13.2. The maximum atomic E-state index is 13.7. The molecule has 1 aliphatic rings. The smallest absolute Gasteiger partial charge is 0.336 e. The van der Waals surface area contributed by atoms with Crippen molar-refractivity contribution >= 4 is 34.1 Å². The molecule has 2 aromatic carbocycles. The van der Waals surface area contributed by atoms with Gasteiger partial charge in [-0.05, 0) is 31.5 Å². The molecule has 0 bridgehead atoms. The minimum Gasteiger partial charge on any atom is -0.490 e. The highest BCUT2D eigenvalue weighted by atomic mass is 32.1. The minimum atomic E-state index is -1.51. The average molecular weight is 553 g/mol. The van der Waals surface area contributed by atoms with Gasteiger partial charge in [-0.15, -0.1) is 11.3 Å². The van der Waals surface area contributed by atoms with Crippen LogP contribution < -0.4 is 15.4 Å². The summed E-state index contributed by atoms with van der Waals surface area (Å²) in [5.41, 5.74) is 0.810. The first-order valence-corrected chi connectivity index (χ1v) is 12.8. The van der Waals surface area contributed by atoms with Crippen LogP contribution in [0.25, 0.3) is 11.3 Å². The van der Waals surface area contributed by atoms with Crippen molar-refractivity contribution in [1.82, 2.24) is 10.3 Å². The lowest BCUT2D eigenvalue weighted by atomic mass is 9.68. The number of hydrogen-bond donors (Lipinski definition) is 2. The molecule has 0 amide bonds. The zero-order chi connectivity index (χ0) is 28.3. The number of methoxy groups -OCH3 is 3. The lowest BCUT2D eigenvalue weighted by Crippen LogP contribution is -2.66. The van der Waals surface area contributed by atoms with Crippen LogP contribution in [0.1, 0.15) is 25.3 Å². The summed E-state index contributed by atoms with van der Waals surface area (Å²) in [7, 11) is 3.94. The number of rotatable bonds is 8. The normalized spacial score (nSPS) is 20.5. The Morgan fingerprint density at radius 3 is 2.46 bits per heavy atom. The van der Waals surface area contributed by atoms with Crippen molar-refractivity contribution in [1.29, 1.82) is 0 Å². The summed E-state index contributed by atoms with van der Waals surface area (Å²) in [6.45, 7) is 3.58. The quantitative estimate of drug-likeness (QED) is 0.236. The molecule has 39 heavy (non-hydrogen) atoms. The average Bonchev–Trinajstić information content (AvgIpc) is 3.41.